The molecule has 0 radical (unpaired) electrons. The van der Waals surface area contributed by atoms with Crippen LogP contribution in [0.3, 0.4) is 0 Å². The second-order valence-corrected chi connectivity index (χ2v) is 5.06. The number of imide groups is 1. The lowest BCUT2D eigenvalue weighted by Crippen LogP contribution is -2.46. The van der Waals surface area contributed by atoms with E-state index in [2.05, 4.69) is 5.32 Å². The van der Waals surface area contributed by atoms with Crippen LogP contribution in [0.5, 0.6) is 0 Å². The number of nitrogens with zero attached hydrogens (tertiary/aromatic N) is 1. The molecule has 0 atom stereocenters. The minimum Gasteiger partial charge on any atom is -0.399 e. The van der Waals surface area contributed by atoms with Gasteiger partial charge in [0.05, 0.1) is 0 Å². The van der Waals surface area contributed by atoms with Crippen LogP contribution in [-0.2, 0) is 14.4 Å². The Hall–Kier alpha value is -2.37. The van der Waals surface area contributed by atoms with Crippen LogP contribution >= 0.6 is 0 Å². The van der Waals surface area contributed by atoms with Crippen molar-refractivity contribution in [3.63, 3.8) is 0 Å². The summed E-state index contributed by atoms with van der Waals surface area (Å²) in [5.41, 5.74) is 6.68. The third kappa shape index (κ3) is 3.34. The predicted molar refractivity (Wildman–Crippen MR) is 74.6 cm³/mol. The highest BCUT2D eigenvalue weighted by atomic mass is 16.2. The summed E-state index contributed by atoms with van der Waals surface area (Å²) in [6.07, 6.45) is 0.606. The molecule has 1 aliphatic heterocycles. The molecule has 1 fully saturated rings. The van der Waals surface area contributed by atoms with Gasteiger partial charge in [-0.2, -0.15) is 0 Å². The molecule has 0 saturated carbocycles. The van der Waals surface area contributed by atoms with E-state index < -0.39 is 5.91 Å². The van der Waals surface area contributed by atoms with Gasteiger partial charge in [-0.15, -0.1) is 0 Å². The zero-order valence-corrected chi connectivity index (χ0v) is 11.3. The lowest BCUT2D eigenvalue weighted by atomic mass is 9.98. The Bertz CT molecular complexity index is 538. The summed E-state index contributed by atoms with van der Waals surface area (Å²) < 4.78 is 0. The van der Waals surface area contributed by atoms with Crippen molar-refractivity contribution in [1.29, 1.82) is 0 Å². The van der Waals surface area contributed by atoms with E-state index in [9.17, 15) is 14.4 Å². The first-order chi connectivity index (χ1) is 9.45. The maximum atomic E-state index is 11.9. The topological polar surface area (TPSA) is 92.5 Å². The normalized spacial score (nSPS) is 16.4. The van der Waals surface area contributed by atoms with E-state index >= 15 is 0 Å². The Kier molecular flexibility index (Phi) is 4.02. The molecule has 6 heteroatoms. The van der Waals surface area contributed by atoms with Crippen LogP contribution in [0.25, 0.3) is 0 Å². The number of hydrogen-bond acceptors (Lipinski definition) is 4. The summed E-state index contributed by atoms with van der Waals surface area (Å²) in [5, 5.41) is 2.62. The second kappa shape index (κ2) is 5.73. The van der Waals surface area contributed by atoms with Crippen LogP contribution in [0.2, 0.25) is 0 Å². The molecule has 20 heavy (non-hydrogen) atoms. The predicted octanol–water partition coefficient (Wildman–Crippen LogP) is 0.992. The molecule has 3 N–H and O–H groups in total. The Balaban J connectivity index is 1.97. The van der Waals surface area contributed by atoms with Crippen LogP contribution in [0.4, 0.5) is 11.4 Å². The van der Waals surface area contributed by atoms with Crippen LogP contribution in [0.15, 0.2) is 24.3 Å². The molecule has 1 aliphatic rings. The largest absolute Gasteiger partial charge is 0.399 e. The molecule has 0 unspecified atom stereocenters. The second-order valence-electron chi connectivity index (χ2n) is 5.06. The number of anilines is 2. The van der Waals surface area contributed by atoms with Gasteiger partial charge in [0.1, 0.15) is 6.54 Å². The van der Waals surface area contributed by atoms with Crippen molar-refractivity contribution in [3.8, 4) is 0 Å². The minimum absolute atomic E-state index is 0.0447. The average Bonchev–Trinajstić information content (AvgIpc) is 2.33. The van der Waals surface area contributed by atoms with Crippen molar-refractivity contribution < 1.29 is 14.4 Å². The molecule has 1 aromatic rings. The minimum atomic E-state index is -0.410. The average molecular weight is 275 g/mol. The third-order valence-electron chi connectivity index (χ3n) is 3.12. The molecule has 1 saturated heterocycles. The van der Waals surface area contributed by atoms with Gasteiger partial charge in [0.25, 0.3) is 0 Å². The molecule has 3 amide bonds. The molecular formula is C14H17N3O3. The van der Waals surface area contributed by atoms with Gasteiger partial charge in [-0.3, -0.25) is 19.3 Å². The highest BCUT2D eigenvalue weighted by Gasteiger charge is 2.31. The van der Waals surface area contributed by atoms with Crippen molar-refractivity contribution in [3.05, 3.63) is 24.3 Å². The fourth-order valence-electron chi connectivity index (χ4n) is 2.16. The van der Waals surface area contributed by atoms with Crippen LogP contribution < -0.4 is 11.1 Å². The molecule has 0 aliphatic carbocycles. The summed E-state index contributed by atoms with van der Waals surface area (Å²) >= 11 is 0. The van der Waals surface area contributed by atoms with E-state index in [-0.39, 0.29) is 24.3 Å². The van der Waals surface area contributed by atoms with E-state index in [0.29, 0.717) is 24.2 Å². The smallest absolute Gasteiger partial charge is 0.244 e. The van der Waals surface area contributed by atoms with Gasteiger partial charge in [-0.1, -0.05) is 13.0 Å². The fourth-order valence-corrected chi connectivity index (χ4v) is 2.16. The van der Waals surface area contributed by atoms with Crippen molar-refractivity contribution in [1.82, 2.24) is 4.90 Å². The number of carbonyl (C=O) groups excluding carboxylic acids is 3. The molecule has 106 valence electrons. The summed E-state index contributed by atoms with van der Waals surface area (Å²) in [6, 6.07) is 6.72. The molecule has 0 spiro atoms. The van der Waals surface area contributed by atoms with Crippen molar-refractivity contribution >= 4 is 29.1 Å². The summed E-state index contributed by atoms with van der Waals surface area (Å²) in [7, 11) is 0. The van der Waals surface area contributed by atoms with E-state index in [1.165, 1.54) is 0 Å². The number of piperidine rings is 1. The summed E-state index contributed by atoms with van der Waals surface area (Å²) in [5.74, 6) is -0.956. The van der Waals surface area contributed by atoms with Crippen LogP contribution in [0.1, 0.15) is 19.8 Å². The number of nitrogen functional groups attached to an aromatic ring is 1. The van der Waals surface area contributed by atoms with E-state index in [4.69, 9.17) is 5.73 Å². The van der Waals surface area contributed by atoms with Gasteiger partial charge in [-0.05, 0) is 24.1 Å². The van der Waals surface area contributed by atoms with Crippen LogP contribution in [0, 0.1) is 5.92 Å². The number of carbonyl (C=O) groups is 3. The number of rotatable bonds is 3. The van der Waals surface area contributed by atoms with Gasteiger partial charge in [0.15, 0.2) is 0 Å². The maximum Gasteiger partial charge on any atom is 0.244 e. The van der Waals surface area contributed by atoms with Gasteiger partial charge >= 0.3 is 0 Å². The standard InChI is InChI=1S/C14H17N3O3/c1-9-5-13(19)17(14(20)6-9)8-12(18)16-11-4-2-3-10(15)7-11/h2-4,7,9H,5-6,8,15H2,1H3,(H,16,18). The van der Waals surface area contributed by atoms with E-state index in [1.807, 2.05) is 6.92 Å². The molecule has 1 aromatic carbocycles. The number of nitrogens with two attached hydrogens (primary N) is 1. The summed E-state index contributed by atoms with van der Waals surface area (Å²) in [6.45, 7) is 1.60. The molecular weight excluding hydrogens is 258 g/mol. The first-order valence-corrected chi connectivity index (χ1v) is 6.44. The van der Waals surface area contributed by atoms with Gasteiger partial charge < -0.3 is 11.1 Å². The fraction of sp³-hybridized carbons (Fsp3) is 0.357. The summed E-state index contributed by atoms with van der Waals surface area (Å²) in [4.78, 5) is 36.4. The SMILES string of the molecule is CC1CC(=O)N(CC(=O)Nc2cccc(N)c2)C(=O)C1. The Morgan fingerprint density at radius 2 is 2.00 bits per heavy atom. The first kappa shape index (κ1) is 14.0. The first-order valence-electron chi connectivity index (χ1n) is 6.44. The molecule has 0 bridgehead atoms. The lowest BCUT2D eigenvalue weighted by molar-refractivity contribution is -0.151. The zero-order chi connectivity index (χ0) is 14.7. The van der Waals surface area contributed by atoms with Crippen molar-refractivity contribution in [2.45, 2.75) is 19.8 Å². The highest BCUT2D eigenvalue weighted by Crippen LogP contribution is 2.19. The maximum absolute atomic E-state index is 11.9. The highest BCUT2D eigenvalue weighted by molar-refractivity contribution is 6.03. The van der Waals surface area contributed by atoms with E-state index in [0.717, 1.165) is 4.90 Å². The Labute approximate surface area is 116 Å². The van der Waals surface area contributed by atoms with Crippen molar-refractivity contribution in [2.75, 3.05) is 17.6 Å². The lowest BCUT2D eigenvalue weighted by Gasteiger charge is -2.27. The number of hydrogen-bond donors (Lipinski definition) is 2. The number of benzene rings is 1. The molecule has 0 aromatic heterocycles. The third-order valence-corrected chi connectivity index (χ3v) is 3.12. The van der Waals surface area contributed by atoms with Gasteiger partial charge in [0.2, 0.25) is 17.7 Å². The van der Waals surface area contributed by atoms with Crippen LogP contribution in [-0.4, -0.2) is 29.2 Å². The number of amides is 3. The van der Waals surface area contributed by atoms with Crippen molar-refractivity contribution in [2.24, 2.45) is 5.92 Å². The monoisotopic (exact) mass is 275 g/mol. The van der Waals surface area contributed by atoms with Gasteiger partial charge in [-0.25, -0.2) is 0 Å². The quantitative estimate of drug-likeness (QED) is 0.635. The van der Waals surface area contributed by atoms with E-state index in [1.54, 1.807) is 24.3 Å². The molecule has 2 rings (SSSR count). The Morgan fingerprint density at radius 1 is 1.35 bits per heavy atom. The molecule has 1 heterocycles. The molecule has 6 nitrogen and oxygen atoms in total. The van der Waals surface area contributed by atoms with Gasteiger partial charge in [0, 0.05) is 24.2 Å². The number of nitrogens with one attached hydrogen (secondary N) is 1. The zero-order valence-electron chi connectivity index (χ0n) is 11.3. The number of likely N-dealkylation sites (tertiary alicyclic amines) is 1. The Morgan fingerprint density at radius 3 is 2.60 bits per heavy atom.